The number of ketones is 1. The lowest BCUT2D eigenvalue weighted by Gasteiger charge is -2.43. The number of nitrogens with one attached hydrogen (secondary N) is 5. The van der Waals surface area contributed by atoms with Crippen molar-refractivity contribution in [2.75, 3.05) is 26.2 Å². The van der Waals surface area contributed by atoms with Crippen LogP contribution in [0.5, 0.6) is 0 Å². The molecule has 1 unspecified atom stereocenters. The molecule has 0 bridgehead atoms. The van der Waals surface area contributed by atoms with E-state index in [-0.39, 0.29) is 49.2 Å². The number of rotatable bonds is 16. The largest absolute Gasteiger partial charge is 0.447 e. The van der Waals surface area contributed by atoms with Crippen molar-refractivity contribution in [1.82, 2.24) is 31.5 Å². The van der Waals surface area contributed by atoms with Gasteiger partial charge in [-0.3, -0.25) is 19.2 Å². The predicted octanol–water partition coefficient (Wildman–Crippen LogP) is 4.60. The summed E-state index contributed by atoms with van der Waals surface area (Å²) >= 11 is 0. The maximum Gasteiger partial charge on any atom is 0.407 e. The van der Waals surface area contributed by atoms with Crippen LogP contribution in [-0.4, -0.2) is 90.9 Å². The zero-order valence-corrected chi connectivity index (χ0v) is 34.0. The minimum Gasteiger partial charge on any atom is -0.447 e. The molecule has 55 heavy (non-hydrogen) atoms. The number of hydrogen-bond acceptors (Lipinski definition) is 7. The third-order valence-corrected chi connectivity index (χ3v) is 12.8. The molecule has 0 aromatic heterocycles. The molecule has 1 aliphatic heterocycles. The Hall–Kier alpha value is -4.08. The lowest BCUT2D eigenvalue weighted by molar-refractivity contribution is -0.146. The summed E-state index contributed by atoms with van der Waals surface area (Å²) in [4.78, 5) is 83.0. The van der Waals surface area contributed by atoms with Crippen molar-refractivity contribution in [2.45, 2.75) is 143 Å². The minimum atomic E-state index is -1.17. The Morgan fingerprint density at radius 1 is 0.945 bits per heavy atom. The van der Waals surface area contributed by atoms with Gasteiger partial charge < -0.3 is 36.2 Å². The quantitative estimate of drug-likeness (QED) is 0.0867. The summed E-state index contributed by atoms with van der Waals surface area (Å²) in [6.45, 7) is 16.4. The van der Waals surface area contributed by atoms with Gasteiger partial charge >= 0.3 is 12.1 Å². The number of piperidine rings is 1. The third-order valence-electron chi connectivity index (χ3n) is 12.8. The van der Waals surface area contributed by atoms with Gasteiger partial charge in [-0.15, -0.1) is 18.9 Å². The van der Waals surface area contributed by atoms with Crippen LogP contribution in [0.3, 0.4) is 0 Å². The van der Waals surface area contributed by atoms with E-state index in [9.17, 15) is 28.8 Å². The molecule has 4 fully saturated rings. The molecule has 13 heteroatoms. The lowest BCUT2D eigenvalue weighted by Crippen LogP contribution is -2.63. The molecule has 0 aromatic rings. The van der Waals surface area contributed by atoms with Crippen LogP contribution in [0, 0.1) is 46.3 Å². The van der Waals surface area contributed by atoms with Gasteiger partial charge in [-0.1, -0.05) is 86.1 Å². The number of ether oxygens (including phenoxy) is 1. The Morgan fingerprint density at radius 3 is 2.22 bits per heavy atom. The number of amides is 6. The highest BCUT2D eigenvalue weighted by molar-refractivity contribution is 6.38. The van der Waals surface area contributed by atoms with Gasteiger partial charge in [-0.05, 0) is 66.1 Å². The number of nitrogens with zero attached hydrogens (tertiary/aromatic N) is 1. The molecule has 5 N–H and O–H groups in total. The van der Waals surface area contributed by atoms with Gasteiger partial charge in [0.15, 0.2) is 0 Å². The molecule has 3 saturated carbocycles. The standard InChI is InChI=1S/C42H66N6O7/c1-9-11-20-29(33(49)36(51)43-23-10-2)45-35(50)32-31-28(41(31,6)7)25-48(32)37(52)34(42(8)21-16-13-17-22-42)47-38(53)46-30(40(3,4)5)26-55-39(54)44-24-27-18-14-12-15-19-27/h1,10,27-32,34H,2,11-26H2,3-8H3,(H,43,51)(H,44,54)(H,45,50)(H2,46,47,53)/t28-,29?,30+,31-,32-,34+/m0/s1. The molecule has 13 nitrogen and oxygen atoms in total. The summed E-state index contributed by atoms with van der Waals surface area (Å²) in [6, 6.07) is -4.16. The number of urea groups is 1. The molecule has 4 rings (SSSR count). The first-order chi connectivity index (χ1) is 25.9. The highest BCUT2D eigenvalue weighted by Crippen LogP contribution is 2.65. The van der Waals surface area contributed by atoms with Gasteiger partial charge in [-0.2, -0.15) is 0 Å². The molecule has 0 aromatic carbocycles. The number of Topliss-reactive ketones (excluding diaryl/α,β-unsaturated/α-hetero) is 1. The average Bonchev–Trinajstić information content (AvgIpc) is 3.44. The topological polar surface area (TPSA) is 175 Å². The van der Waals surface area contributed by atoms with Gasteiger partial charge in [0.25, 0.3) is 5.91 Å². The van der Waals surface area contributed by atoms with Crippen molar-refractivity contribution in [2.24, 2.45) is 34.0 Å². The van der Waals surface area contributed by atoms with E-state index in [1.54, 1.807) is 4.90 Å². The highest BCUT2D eigenvalue weighted by atomic mass is 16.5. The number of alkyl carbamates (subject to hydrolysis) is 1. The molecule has 1 saturated heterocycles. The first-order valence-electron chi connectivity index (χ1n) is 20.4. The monoisotopic (exact) mass is 766 g/mol. The van der Waals surface area contributed by atoms with Gasteiger partial charge in [-0.25, -0.2) is 9.59 Å². The fourth-order valence-electron chi connectivity index (χ4n) is 8.99. The third kappa shape index (κ3) is 11.0. The fourth-order valence-corrected chi connectivity index (χ4v) is 8.99. The van der Waals surface area contributed by atoms with Gasteiger partial charge in [0.1, 0.15) is 18.7 Å². The molecule has 4 aliphatic rings. The van der Waals surface area contributed by atoms with Crippen molar-refractivity contribution in [3.8, 4) is 12.3 Å². The molecule has 6 amide bonds. The zero-order chi connectivity index (χ0) is 40.6. The molecule has 1 heterocycles. The van der Waals surface area contributed by atoms with E-state index < -0.39 is 64.7 Å². The van der Waals surface area contributed by atoms with Crippen LogP contribution in [0.1, 0.15) is 119 Å². The smallest absolute Gasteiger partial charge is 0.407 e. The van der Waals surface area contributed by atoms with Crippen molar-refractivity contribution in [1.29, 1.82) is 0 Å². The van der Waals surface area contributed by atoms with Crippen molar-refractivity contribution < 1.29 is 33.5 Å². The number of hydrogen-bond donors (Lipinski definition) is 5. The van der Waals surface area contributed by atoms with Gasteiger partial charge in [0, 0.05) is 26.1 Å². The molecule has 3 aliphatic carbocycles. The summed E-state index contributed by atoms with van der Waals surface area (Å²) in [5.41, 5.74) is -1.30. The molecule has 6 atom stereocenters. The van der Waals surface area contributed by atoms with E-state index in [0.717, 1.165) is 32.1 Å². The molecular weight excluding hydrogens is 700 g/mol. The number of terminal acetylenes is 1. The Morgan fingerprint density at radius 2 is 1.60 bits per heavy atom. The van der Waals surface area contributed by atoms with E-state index in [1.165, 1.54) is 25.3 Å². The minimum absolute atomic E-state index is 0.0447. The van der Waals surface area contributed by atoms with Crippen molar-refractivity contribution >= 4 is 35.6 Å². The van der Waals surface area contributed by atoms with E-state index >= 15 is 0 Å². The maximum absolute atomic E-state index is 14.9. The number of fused-ring (bicyclic) bond motifs is 1. The normalized spacial score (nSPS) is 24.4. The Bertz CT molecular complexity index is 1470. The summed E-state index contributed by atoms with van der Waals surface area (Å²) < 4.78 is 5.60. The van der Waals surface area contributed by atoms with Crippen LogP contribution >= 0.6 is 0 Å². The second-order valence-electron chi connectivity index (χ2n) is 18.2. The van der Waals surface area contributed by atoms with Crippen LogP contribution in [0.15, 0.2) is 12.7 Å². The molecule has 0 spiro atoms. The number of carbonyl (C=O) groups excluding carboxylic acids is 6. The predicted molar refractivity (Wildman–Crippen MR) is 210 cm³/mol. The maximum atomic E-state index is 14.9. The summed E-state index contributed by atoms with van der Waals surface area (Å²) in [5.74, 6) is 0.233. The Labute approximate surface area is 328 Å². The summed E-state index contributed by atoms with van der Waals surface area (Å²) in [6.07, 6.45) is 16.6. The van der Waals surface area contributed by atoms with Gasteiger partial charge in [0.05, 0.1) is 12.1 Å². The van der Waals surface area contributed by atoms with E-state index in [4.69, 9.17) is 11.2 Å². The fraction of sp³-hybridized carbons (Fsp3) is 0.762. The average molecular weight is 767 g/mol. The highest BCUT2D eigenvalue weighted by Gasteiger charge is 2.70. The van der Waals surface area contributed by atoms with Gasteiger partial charge in [0.2, 0.25) is 17.6 Å². The first kappa shape index (κ1) is 43.6. The molecule has 0 radical (unpaired) electrons. The second-order valence-corrected chi connectivity index (χ2v) is 18.2. The first-order valence-corrected chi connectivity index (χ1v) is 20.4. The Balaban J connectivity index is 1.51. The molecule has 306 valence electrons. The summed E-state index contributed by atoms with van der Waals surface area (Å²) in [7, 11) is 0. The Kier molecular flexibility index (Phi) is 14.8. The zero-order valence-electron chi connectivity index (χ0n) is 34.0. The van der Waals surface area contributed by atoms with E-state index in [1.807, 2.05) is 27.7 Å². The van der Waals surface area contributed by atoms with Crippen molar-refractivity contribution in [3.05, 3.63) is 12.7 Å². The summed E-state index contributed by atoms with van der Waals surface area (Å²) in [5, 5.41) is 14.2. The lowest BCUT2D eigenvalue weighted by atomic mass is 9.70. The number of likely N-dealkylation sites (tertiary alicyclic amines) is 1. The second kappa shape index (κ2) is 18.7. The van der Waals surface area contributed by atoms with Crippen LogP contribution in [0.25, 0.3) is 0 Å². The van der Waals surface area contributed by atoms with Crippen LogP contribution < -0.4 is 26.6 Å². The van der Waals surface area contributed by atoms with Crippen LogP contribution in [0.4, 0.5) is 9.59 Å². The van der Waals surface area contributed by atoms with Crippen molar-refractivity contribution in [3.63, 3.8) is 0 Å². The van der Waals surface area contributed by atoms with Crippen LogP contribution in [0.2, 0.25) is 0 Å². The number of carbonyl (C=O) groups is 6. The van der Waals surface area contributed by atoms with E-state index in [2.05, 4.69) is 52.9 Å². The SMILES string of the molecule is C#CCCC(NC(=O)[C@@H]1[C@@H]2[C@H](CN1C(=O)[C@@H](NC(=O)N[C@H](COC(=O)NCC1CCCCC1)C(C)(C)C)C1(C)CCCCC1)C2(C)C)C(=O)C(=O)NCC=C. The van der Waals surface area contributed by atoms with Crippen LogP contribution in [-0.2, 0) is 23.9 Å². The molecular formula is C42H66N6O7. The van der Waals surface area contributed by atoms with E-state index in [0.29, 0.717) is 31.8 Å².